The fourth-order valence-corrected chi connectivity index (χ4v) is 8.49. The molecule has 1 heterocycles. The highest BCUT2D eigenvalue weighted by molar-refractivity contribution is 5.97. The van der Waals surface area contributed by atoms with Crippen molar-refractivity contribution >= 4 is 5.84 Å². The molecule has 5 aliphatic rings. The molecule has 4 fully saturated rings. The molecule has 3 saturated carbocycles. The minimum absolute atomic E-state index is 0.118. The zero-order chi connectivity index (χ0) is 24.4. The average molecular weight is 478 g/mol. The van der Waals surface area contributed by atoms with Crippen LogP contribution >= 0.6 is 0 Å². The lowest BCUT2D eigenvalue weighted by Gasteiger charge is -2.54. The van der Waals surface area contributed by atoms with Crippen LogP contribution in [0.1, 0.15) is 95.6 Å². The summed E-state index contributed by atoms with van der Waals surface area (Å²) in [6, 6.07) is 8.77. The molecule has 0 radical (unpaired) electrons. The molecule has 4 aliphatic carbocycles. The van der Waals surface area contributed by atoms with Crippen molar-refractivity contribution in [1.82, 2.24) is 0 Å². The standard InChI is InChI=1S/C30H43N3O2/c1-28(2)17-34-30(35-18-28)14-12-22-21(15-30)10-11-23-25-5-4-13-29(25,3)16-24(26(22)23)19-6-8-20(9-7-19)27(31)33-32/h6-9,21,23-25H,4-5,10-18,32H2,1-3H3,(H2,31,33). The number of amidine groups is 1. The second kappa shape index (κ2) is 8.34. The van der Waals surface area contributed by atoms with Crippen LogP contribution in [0.3, 0.4) is 0 Å². The summed E-state index contributed by atoms with van der Waals surface area (Å²) in [6.45, 7) is 8.67. The van der Waals surface area contributed by atoms with Gasteiger partial charge in [0.25, 0.3) is 0 Å². The van der Waals surface area contributed by atoms with E-state index in [1.165, 1.54) is 44.1 Å². The maximum Gasteiger partial charge on any atom is 0.169 e. The summed E-state index contributed by atoms with van der Waals surface area (Å²) in [7, 11) is 0. The van der Waals surface area contributed by atoms with Gasteiger partial charge in [0, 0.05) is 29.7 Å². The third kappa shape index (κ3) is 3.94. The predicted molar refractivity (Wildman–Crippen MR) is 140 cm³/mol. The maximum absolute atomic E-state index is 6.47. The van der Waals surface area contributed by atoms with Crippen LogP contribution in [0.4, 0.5) is 0 Å². The quantitative estimate of drug-likeness (QED) is 0.184. The molecule has 5 heteroatoms. The van der Waals surface area contributed by atoms with Crippen molar-refractivity contribution in [2.75, 3.05) is 13.2 Å². The third-order valence-electron chi connectivity index (χ3n) is 10.3. The van der Waals surface area contributed by atoms with Crippen LogP contribution in [0.2, 0.25) is 0 Å². The molecular formula is C30H43N3O2. The first-order chi connectivity index (χ1) is 16.7. The molecule has 5 unspecified atom stereocenters. The number of rotatable bonds is 2. The molecule has 5 atom stereocenters. The first kappa shape index (κ1) is 23.5. The van der Waals surface area contributed by atoms with Crippen LogP contribution in [0.15, 0.2) is 40.5 Å². The zero-order valence-corrected chi connectivity index (χ0v) is 21.8. The highest BCUT2D eigenvalue weighted by Gasteiger charge is 2.55. The summed E-state index contributed by atoms with van der Waals surface area (Å²) in [5.41, 5.74) is 12.5. The van der Waals surface area contributed by atoms with Crippen LogP contribution in [0.5, 0.6) is 0 Å². The molecule has 1 aromatic carbocycles. The number of nitrogens with two attached hydrogens (primary N) is 2. The molecule has 1 aromatic rings. The number of hydrogen-bond donors (Lipinski definition) is 2. The van der Waals surface area contributed by atoms with E-state index in [1.807, 2.05) is 0 Å². The molecule has 35 heavy (non-hydrogen) atoms. The predicted octanol–water partition coefficient (Wildman–Crippen LogP) is 5.84. The van der Waals surface area contributed by atoms with Gasteiger partial charge in [0.1, 0.15) is 5.84 Å². The van der Waals surface area contributed by atoms with E-state index in [1.54, 1.807) is 11.1 Å². The van der Waals surface area contributed by atoms with Gasteiger partial charge >= 0.3 is 0 Å². The Balaban J connectivity index is 1.36. The van der Waals surface area contributed by atoms with Crippen molar-refractivity contribution in [3.63, 3.8) is 0 Å². The Labute approximate surface area is 210 Å². The van der Waals surface area contributed by atoms with Gasteiger partial charge in [0.15, 0.2) is 5.79 Å². The van der Waals surface area contributed by atoms with Crippen molar-refractivity contribution in [3.8, 4) is 0 Å². The van der Waals surface area contributed by atoms with Crippen LogP contribution in [-0.2, 0) is 9.47 Å². The lowest BCUT2D eigenvalue weighted by atomic mass is 9.52. The highest BCUT2D eigenvalue weighted by Crippen LogP contribution is 2.64. The van der Waals surface area contributed by atoms with Crippen molar-refractivity contribution in [2.45, 2.75) is 90.3 Å². The van der Waals surface area contributed by atoms with Crippen molar-refractivity contribution in [1.29, 1.82) is 0 Å². The first-order valence-corrected chi connectivity index (χ1v) is 13.9. The minimum Gasteiger partial charge on any atom is -0.382 e. The minimum atomic E-state index is -0.357. The summed E-state index contributed by atoms with van der Waals surface area (Å²) in [5, 5.41) is 3.69. The average Bonchev–Trinajstić information content (AvgIpc) is 3.26. The Bertz CT molecular complexity index is 1030. The Morgan fingerprint density at radius 1 is 0.971 bits per heavy atom. The van der Waals surface area contributed by atoms with Gasteiger partial charge in [-0.05, 0) is 67.3 Å². The van der Waals surface area contributed by atoms with Gasteiger partial charge in [0.2, 0.25) is 0 Å². The molecule has 6 rings (SSSR count). The van der Waals surface area contributed by atoms with E-state index in [0.717, 1.165) is 49.9 Å². The summed E-state index contributed by atoms with van der Waals surface area (Å²) in [4.78, 5) is 0. The Morgan fingerprint density at radius 3 is 2.43 bits per heavy atom. The summed E-state index contributed by atoms with van der Waals surface area (Å²) in [5.74, 6) is 8.16. The van der Waals surface area contributed by atoms with Gasteiger partial charge in [0.05, 0.1) is 13.2 Å². The van der Waals surface area contributed by atoms with E-state index in [-0.39, 0.29) is 11.2 Å². The number of ether oxygens (including phenoxy) is 2. The second-order valence-corrected chi connectivity index (χ2v) is 13.3. The zero-order valence-electron chi connectivity index (χ0n) is 21.8. The molecule has 0 bridgehead atoms. The van der Waals surface area contributed by atoms with Crippen molar-refractivity contribution in [3.05, 3.63) is 46.5 Å². The smallest absolute Gasteiger partial charge is 0.169 e. The molecular weight excluding hydrogens is 434 g/mol. The molecule has 1 saturated heterocycles. The molecule has 0 amide bonds. The molecule has 1 spiro atoms. The molecule has 0 aromatic heterocycles. The Kier molecular flexibility index (Phi) is 5.61. The largest absolute Gasteiger partial charge is 0.382 e. The SMILES string of the molecule is CC1(C)COC2(CCC3=C4C(c5ccc(/C(N)=N/N)cc5)CC5(C)CCCC5C4CCC3C2)OC1. The number of hydrogen-bond acceptors (Lipinski definition) is 4. The molecule has 1 aliphatic heterocycles. The second-order valence-electron chi connectivity index (χ2n) is 13.3. The summed E-state index contributed by atoms with van der Waals surface area (Å²) >= 11 is 0. The third-order valence-corrected chi connectivity index (χ3v) is 10.3. The Morgan fingerprint density at radius 2 is 1.71 bits per heavy atom. The molecule has 190 valence electrons. The van der Waals surface area contributed by atoms with Gasteiger partial charge in [-0.2, -0.15) is 5.10 Å². The topological polar surface area (TPSA) is 82.9 Å². The van der Waals surface area contributed by atoms with Crippen LogP contribution in [0, 0.1) is 28.6 Å². The summed E-state index contributed by atoms with van der Waals surface area (Å²) < 4.78 is 12.9. The van der Waals surface area contributed by atoms with Crippen molar-refractivity contribution < 1.29 is 9.47 Å². The summed E-state index contributed by atoms with van der Waals surface area (Å²) in [6.07, 6.45) is 11.2. The Hall–Kier alpha value is -1.85. The van der Waals surface area contributed by atoms with E-state index in [0.29, 0.717) is 23.1 Å². The van der Waals surface area contributed by atoms with Crippen molar-refractivity contribution in [2.24, 2.45) is 45.3 Å². The fraction of sp³-hybridized carbons (Fsp3) is 0.700. The lowest BCUT2D eigenvalue weighted by molar-refractivity contribution is -0.312. The van der Waals surface area contributed by atoms with Crippen LogP contribution in [-0.4, -0.2) is 24.8 Å². The van der Waals surface area contributed by atoms with E-state index in [2.05, 4.69) is 50.1 Å². The maximum atomic E-state index is 6.47. The van der Waals surface area contributed by atoms with Gasteiger partial charge in [-0.3, -0.25) is 0 Å². The molecule has 4 N–H and O–H groups in total. The number of nitrogens with zero attached hydrogens (tertiary/aromatic N) is 1. The van der Waals surface area contributed by atoms with E-state index in [9.17, 15) is 0 Å². The highest BCUT2D eigenvalue weighted by atomic mass is 16.7. The normalized spacial score (nSPS) is 38.1. The monoisotopic (exact) mass is 477 g/mol. The van der Waals surface area contributed by atoms with Gasteiger partial charge in [-0.25, -0.2) is 0 Å². The van der Waals surface area contributed by atoms with Crippen LogP contribution < -0.4 is 11.6 Å². The number of hydrazone groups is 1. The van der Waals surface area contributed by atoms with Gasteiger partial charge < -0.3 is 21.1 Å². The number of fused-ring (bicyclic) bond motifs is 4. The van der Waals surface area contributed by atoms with Gasteiger partial charge in [-0.15, -0.1) is 0 Å². The number of benzene rings is 1. The lowest BCUT2D eigenvalue weighted by Crippen LogP contribution is -2.51. The van der Waals surface area contributed by atoms with E-state index < -0.39 is 0 Å². The molecule has 5 nitrogen and oxygen atoms in total. The van der Waals surface area contributed by atoms with Gasteiger partial charge in [-0.1, -0.05) is 62.6 Å². The fourth-order valence-electron chi connectivity index (χ4n) is 8.49. The van der Waals surface area contributed by atoms with E-state index in [4.69, 9.17) is 21.1 Å². The van der Waals surface area contributed by atoms with Crippen LogP contribution in [0.25, 0.3) is 0 Å². The number of allylic oxidation sites excluding steroid dienone is 2. The first-order valence-electron chi connectivity index (χ1n) is 13.9. The van der Waals surface area contributed by atoms with E-state index >= 15 is 0 Å².